The molecule has 0 aliphatic carbocycles. The largest absolute Gasteiger partial charge is 0.452 e. The van der Waals surface area contributed by atoms with Crippen molar-refractivity contribution in [3.05, 3.63) is 65.5 Å². The molecule has 1 N–H and O–H groups in total. The summed E-state index contributed by atoms with van der Waals surface area (Å²) in [5, 5.41) is 1.93. The smallest absolute Gasteiger partial charge is 0.387 e. The highest BCUT2D eigenvalue weighted by Crippen LogP contribution is 2.19. The molecule has 5 nitrogen and oxygen atoms in total. The summed E-state index contributed by atoms with van der Waals surface area (Å²) < 4.78 is 72.2. The maximum absolute atomic E-state index is 13.4. The Hall–Kier alpha value is -3.43. The van der Waals surface area contributed by atoms with Gasteiger partial charge in [-0.3, -0.25) is 4.79 Å². The number of ether oxygens (including phenoxy) is 2. The zero-order valence-corrected chi connectivity index (χ0v) is 13.9. The van der Waals surface area contributed by atoms with Crippen LogP contribution in [0.5, 0.6) is 5.75 Å². The van der Waals surface area contributed by atoms with Crippen LogP contribution in [0.2, 0.25) is 0 Å². The van der Waals surface area contributed by atoms with Gasteiger partial charge in [0.25, 0.3) is 5.91 Å². The number of esters is 1. The van der Waals surface area contributed by atoms with Gasteiger partial charge in [-0.15, -0.1) is 0 Å². The maximum Gasteiger partial charge on any atom is 0.387 e. The highest BCUT2D eigenvalue weighted by Gasteiger charge is 2.15. The van der Waals surface area contributed by atoms with Crippen molar-refractivity contribution in [2.45, 2.75) is 6.61 Å². The highest BCUT2D eigenvalue weighted by atomic mass is 19.3. The third kappa shape index (κ3) is 6.08. The van der Waals surface area contributed by atoms with Gasteiger partial charge in [-0.1, -0.05) is 12.1 Å². The van der Waals surface area contributed by atoms with Crippen molar-refractivity contribution in [1.29, 1.82) is 0 Å². The number of anilines is 1. The maximum atomic E-state index is 13.4. The Morgan fingerprint density at radius 3 is 2.32 bits per heavy atom. The Morgan fingerprint density at radius 2 is 1.68 bits per heavy atom. The van der Waals surface area contributed by atoms with Crippen LogP contribution >= 0.6 is 0 Å². The van der Waals surface area contributed by atoms with Crippen LogP contribution in [0.15, 0.2) is 42.5 Å². The summed E-state index contributed by atoms with van der Waals surface area (Å²) in [7, 11) is 0. The first-order chi connectivity index (χ1) is 13.3. The molecule has 0 aliphatic heterocycles. The Bertz CT molecular complexity index is 884. The first-order valence-corrected chi connectivity index (χ1v) is 7.59. The molecule has 28 heavy (non-hydrogen) atoms. The van der Waals surface area contributed by atoms with Crippen molar-refractivity contribution in [2.24, 2.45) is 0 Å². The summed E-state index contributed by atoms with van der Waals surface area (Å²) in [6, 6.07) is 6.78. The molecule has 2 aromatic carbocycles. The average Bonchev–Trinajstić information content (AvgIpc) is 2.66. The quantitative estimate of drug-likeness (QED) is 0.331. The normalized spacial score (nSPS) is 10.9. The highest BCUT2D eigenvalue weighted by molar-refractivity contribution is 5.94. The minimum absolute atomic E-state index is 0.0594. The van der Waals surface area contributed by atoms with Gasteiger partial charge in [0.15, 0.2) is 24.1 Å². The summed E-state index contributed by atoms with van der Waals surface area (Å²) >= 11 is 0. The fourth-order valence-corrected chi connectivity index (χ4v) is 1.92. The van der Waals surface area contributed by atoms with Gasteiger partial charge < -0.3 is 14.8 Å². The fraction of sp³-hybridized carbons (Fsp3) is 0.111. The molecule has 0 heterocycles. The van der Waals surface area contributed by atoms with Gasteiger partial charge in [0, 0.05) is 6.08 Å². The topological polar surface area (TPSA) is 64.6 Å². The van der Waals surface area contributed by atoms with Crippen molar-refractivity contribution in [3.8, 4) is 5.75 Å². The van der Waals surface area contributed by atoms with Crippen LogP contribution in [0, 0.1) is 17.5 Å². The van der Waals surface area contributed by atoms with E-state index in [1.54, 1.807) is 0 Å². The zero-order chi connectivity index (χ0) is 20.7. The molecule has 0 saturated carbocycles. The van der Waals surface area contributed by atoms with Crippen molar-refractivity contribution in [3.63, 3.8) is 0 Å². The van der Waals surface area contributed by atoms with Crippen LogP contribution in [-0.4, -0.2) is 25.1 Å². The van der Waals surface area contributed by atoms with E-state index in [4.69, 9.17) is 0 Å². The van der Waals surface area contributed by atoms with Gasteiger partial charge in [-0.05, 0) is 35.9 Å². The van der Waals surface area contributed by atoms with Crippen LogP contribution in [0.1, 0.15) is 5.56 Å². The molecule has 2 aromatic rings. The van der Waals surface area contributed by atoms with Crippen molar-refractivity contribution < 1.29 is 41.0 Å². The molecule has 1 amide bonds. The number of alkyl halides is 2. The lowest BCUT2D eigenvalue weighted by atomic mass is 10.2. The Kier molecular flexibility index (Phi) is 7.08. The van der Waals surface area contributed by atoms with E-state index < -0.39 is 48.2 Å². The third-order valence-corrected chi connectivity index (χ3v) is 3.17. The van der Waals surface area contributed by atoms with Crippen LogP contribution in [-0.2, 0) is 14.3 Å². The molecule has 0 spiro atoms. The second kappa shape index (κ2) is 9.49. The molecule has 0 bridgehead atoms. The summed E-state index contributed by atoms with van der Waals surface area (Å²) in [6.07, 6.45) is 2.26. The number of halogens is 5. The number of nitrogens with one attached hydrogen (secondary N) is 1. The molecule has 0 saturated heterocycles. The molecular formula is C18H12F5NO4. The van der Waals surface area contributed by atoms with E-state index in [0.717, 1.165) is 12.1 Å². The van der Waals surface area contributed by atoms with Crippen molar-refractivity contribution in [2.75, 3.05) is 11.9 Å². The summed E-state index contributed by atoms with van der Waals surface area (Å²) in [4.78, 5) is 23.1. The number of carbonyl (C=O) groups is 2. The fourth-order valence-electron chi connectivity index (χ4n) is 1.92. The average molecular weight is 401 g/mol. The lowest BCUT2D eigenvalue weighted by Crippen LogP contribution is -2.21. The van der Waals surface area contributed by atoms with E-state index in [9.17, 15) is 31.5 Å². The standard InChI is InChI=1S/C18H12F5NO4/c19-12-6-7-13(17(21)16(12)20)24-14(25)9-27-15(26)8-3-10-1-4-11(5-2-10)28-18(22)23/h1-8,18H,9H2,(H,24,25)/b8-3+. The monoisotopic (exact) mass is 401 g/mol. The van der Waals surface area contributed by atoms with E-state index in [0.29, 0.717) is 11.6 Å². The van der Waals surface area contributed by atoms with Gasteiger partial charge >= 0.3 is 12.6 Å². The number of amides is 1. The summed E-state index contributed by atoms with van der Waals surface area (Å²) in [6.45, 7) is -3.76. The first-order valence-electron chi connectivity index (χ1n) is 7.59. The van der Waals surface area contributed by atoms with E-state index >= 15 is 0 Å². The minimum Gasteiger partial charge on any atom is -0.452 e. The third-order valence-electron chi connectivity index (χ3n) is 3.17. The molecule has 10 heteroatoms. The number of carbonyl (C=O) groups excluding carboxylic acids is 2. The molecule has 0 unspecified atom stereocenters. The SMILES string of the molecule is O=C(COC(=O)/C=C/c1ccc(OC(F)F)cc1)Nc1ccc(F)c(F)c1F. The number of rotatable bonds is 7. The van der Waals surface area contributed by atoms with Crippen molar-refractivity contribution in [1.82, 2.24) is 0 Å². The predicted octanol–water partition coefficient (Wildman–Crippen LogP) is 3.90. The molecular weight excluding hydrogens is 389 g/mol. The molecule has 2 rings (SSSR count). The Balaban J connectivity index is 1.84. The number of hydrogen-bond acceptors (Lipinski definition) is 4. The van der Waals surface area contributed by atoms with Crippen LogP contribution in [0.3, 0.4) is 0 Å². The summed E-state index contributed by atoms with van der Waals surface area (Å²) in [5.41, 5.74) is -0.145. The number of hydrogen-bond donors (Lipinski definition) is 1. The van der Waals surface area contributed by atoms with Gasteiger partial charge in [-0.25, -0.2) is 18.0 Å². The predicted molar refractivity (Wildman–Crippen MR) is 88.0 cm³/mol. The lowest BCUT2D eigenvalue weighted by molar-refractivity contribution is -0.142. The lowest BCUT2D eigenvalue weighted by Gasteiger charge is -2.07. The second-order valence-electron chi connectivity index (χ2n) is 5.16. The molecule has 0 atom stereocenters. The summed E-state index contributed by atoms with van der Waals surface area (Å²) in [5.74, 6) is -6.70. The van der Waals surface area contributed by atoms with Crippen LogP contribution in [0.4, 0.5) is 27.6 Å². The zero-order valence-electron chi connectivity index (χ0n) is 13.9. The molecule has 0 radical (unpaired) electrons. The van der Waals surface area contributed by atoms with E-state index in [1.165, 1.54) is 30.3 Å². The first kappa shape index (κ1) is 20.9. The van der Waals surface area contributed by atoms with Crippen LogP contribution in [0.25, 0.3) is 6.08 Å². The van der Waals surface area contributed by atoms with Gasteiger partial charge in [0.2, 0.25) is 0 Å². The molecule has 0 aromatic heterocycles. The molecule has 0 fully saturated rings. The minimum atomic E-state index is -2.96. The van der Waals surface area contributed by atoms with E-state index in [2.05, 4.69) is 9.47 Å². The van der Waals surface area contributed by atoms with Gasteiger partial charge in [-0.2, -0.15) is 8.78 Å². The van der Waals surface area contributed by atoms with Gasteiger partial charge in [0.05, 0.1) is 5.69 Å². The van der Waals surface area contributed by atoms with Crippen LogP contribution < -0.4 is 10.1 Å². The molecule has 148 valence electrons. The Morgan fingerprint density at radius 1 is 1.00 bits per heavy atom. The molecule has 0 aliphatic rings. The van der Waals surface area contributed by atoms with E-state index in [1.807, 2.05) is 5.32 Å². The Labute approximate surface area is 155 Å². The van der Waals surface area contributed by atoms with Crippen molar-refractivity contribution >= 4 is 23.6 Å². The van der Waals surface area contributed by atoms with Gasteiger partial charge in [0.1, 0.15) is 5.75 Å². The van der Waals surface area contributed by atoms with E-state index in [-0.39, 0.29) is 5.75 Å². The number of benzene rings is 2. The second-order valence-corrected chi connectivity index (χ2v) is 5.16.